The summed E-state index contributed by atoms with van der Waals surface area (Å²) in [7, 11) is 1.53. The predicted molar refractivity (Wildman–Crippen MR) is 38.2 cm³/mol. The molecule has 0 bridgehead atoms. The number of rotatable bonds is 2. The van der Waals surface area contributed by atoms with Crippen LogP contribution in [0.3, 0.4) is 0 Å². The van der Waals surface area contributed by atoms with Crippen LogP contribution in [0.5, 0.6) is 0 Å². The van der Waals surface area contributed by atoms with E-state index in [9.17, 15) is 10.2 Å². The van der Waals surface area contributed by atoms with Gasteiger partial charge in [0.25, 0.3) is 0 Å². The van der Waals surface area contributed by atoms with Crippen molar-refractivity contribution in [2.24, 2.45) is 0 Å². The second-order valence-electron chi connectivity index (χ2n) is 2.82. The highest BCUT2D eigenvalue weighted by atomic mass is 16.6. The van der Waals surface area contributed by atoms with E-state index in [4.69, 9.17) is 9.47 Å². The molecular weight excluding hydrogens is 148 g/mol. The monoisotopic (exact) mass is 162 g/mol. The van der Waals surface area contributed by atoms with Crippen molar-refractivity contribution in [3.8, 4) is 0 Å². The topological polar surface area (TPSA) is 58.9 Å². The van der Waals surface area contributed by atoms with Crippen LogP contribution in [0.2, 0.25) is 0 Å². The van der Waals surface area contributed by atoms with Gasteiger partial charge in [-0.25, -0.2) is 0 Å². The third kappa shape index (κ3) is 1.70. The van der Waals surface area contributed by atoms with Gasteiger partial charge in [0, 0.05) is 7.11 Å². The highest BCUT2D eigenvalue weighted by molar-refractivity contribution is 4.87. The summed E-state index contributed by atoms with van der Waals surface area (Å²) in [6.07, 6.45) is -2.28. The Morgan fingerprint density at radius 1 is 1.36 bits per heavy atom. The number of ether oxygens (including phenoxy) is 2. The molecule has 0 aromatic heterocycles. The Kier molecular flexibility index (Phi) is 2.84. The normalized spacial score (nSPS) is 44.7. The van der Waals surface area contributed by atoms with E-state index in [1.165, 1.54) is 7.11 Å². The van der Waals surface area contributed by atoms with Gasteiger partial charge in [-0.2, -0.15) is 0 Å². The van der Waals surface area contributed by atoms with Gasteiger partial charge in [0.2, 0.25) is 0 Å². The van der Waals surface area contributed by atoms with Crippen LogP contribution >= 0.6 is 0 Å². The lowest BCUT2D eigenvalue weighted by Crippen LogP contribution is -2.33. The third-order valence-electron chi connectivity index (χ3n) is 1.93. The molecule has 1 saturated heterocycles. The SMILES string of the molecule is COC[C@H]1O[C@@H](C)[C@H](O)[C@@H]1O. The van der Waals surface area contributed by atoms with Gasteiger partial charge in [0.1, 0.15) is 18.3 Å². The molecule has 0 aliphatic carbocycles. The lowest BCUT2D eigenvalue weighted by atomic mass is 10.1. The summed E-state index contributed by atoms with van der Waals surface area (Å²) in [5, 5.41) is 18.5. The molecular formula is C7H14O4. The van der Waals surface area contributed by atoms with E-state index in [0.29, 0.717) is 6.61 Å². The average Bonchev–Trinajstić information content (AvgIpc) is 2.19. The molecule has 0 radical (unpaired) electrons. The van der Waals surface area contributed by atoms with Crippen LogP contribution in [0.1, 0.15) is 6.92 Å². The number of aliphatic hydroxyl groups is 2. The molecule has 0 spiro atoms. The third-order valence-corrected chi connectivity index (χ3v) is 1.93. The van der Waals surface area contributed by atoms with E-state index in [0.717, 1.165) is 0 Å². The molecule has 0 amide bonds. The van der Waals surface area contributed by atoms with Gasteiger partial charge in [-0.3, -0.25) is 0 Å². The zero-order valence-electron chi connectivity index (χ0n) is 6.73. The lowest BCUT2D eigenvalue weighted by molar-refractivity contribution is -0.0290. The second kappa shape index (κ2) is 3.49. The minimum atomic E-state index is -0.815. The second-order valence-corrected chi connectivity index (χ2v) is 2.82. The van der Waals surface area contributed by atoms with Crippen LogP contribution in [0.4, 0.5) is 0 Å². The van der Waals surface area contributed by atoms with Crippen molar-refractivity contribution >= 4 is 0 Å². The van der Waals surface area contributed by atoms with Crippen molar-refractivity contribution in [3.05, 3.63) is 0 Å². The highest BCUT2D eigenvalue weighted by Crippen LogP contribution is 2.20. The molecule has 2 N–H and O–H groups in total. The molecule has 4 nitrogen and oxygen atoms in total. The van der Waals surface area contributed by atoms with E-state index >= 15 is 0 Å². The highest BCUT2D eigenvalue weighted by Gasteiger charge is 2.39. The van der Waals surface area contributed by atoms with Crippen LogP contribution in [-0.2, 0) is 9.47 Å². The fourth-order valence-electron chi connectivity index (χ4n) is 1.24. The summed E-state index contributed by atoms with van der Waals surface area (Å²) in [5.74, 6) is 0. The number of methoxy groups -OCH3 is 1. The summed E-state index contributed by atoms with van der Waals surface area (Å²) < 4.78 is 10.00. The van der Waals surface area contributed by atoms with E-state index in [2.05, 4.69) is 0 Å². The summed E-state index contributed by atoms with van der Waals surface area (Å²) >= 11 is 0. The molecule has 4 heteroatoms. The largest absolute Gasteiger partial charge is 0.388 e. The first-order chi connectivity index (χ1) is 5.16. The zero-order chi connectivity index (χ0) is 8.43. The first kappa shape index (κ1) is 8.93. The molecule has 0 aromatic carbocycles. The first-order valence-electron chi connectivity index (χ1n) is 3.67. The lowest BCUT2D eigenvalue weighted by Gasteiger charge is -2.12. The molecule has 1 fully saturated rings. The van der Waals surface area contributed by atoms with Gasteiger partial charge in [-0.15, -0.1) is 0 Å². The van der Waals surface area contributed by atoms with E-state index < -0.39 is 12.2 Å². The van der Waals surface area contributed by atoms with Gasteiger partial charge in [0.15, 0.2) is 0 Å². The fraction of sp³-hybridized carbons (Fsp3) is 1.00. The minimum absolute atomic E-state index is 0.301. The van der Waals surface area contributed by atoms with Crippen molar-refractivity contribution in [2.75, 3.05) is 13.7 Å². The Balaban J connectivity index is 2.45. The maximum absolute atomic E-state index is 9.30. The number of hydrogen-bond acceptors (Lipinski definition) is 4. The van der Waals surface area contributed by atoms with Crippen LogP contribution in [0.25, 0.3) is 0 Å². The Morgan fingerprint density at radius 2 is 2.00 bits per heavy atom. The van der Waals surface area contributed by atoms with Gasteiger partial charge < -0.3 is 19.7 Å². The van der Waals surface area contributed by atoms with Crippen LogP contribution in [-0.4, -0.2) is 48.3 Å². The maximum atomic E-state index is 9.30. The van der Waals surface area contributed by atoms with Crippen molar-refractivity contribution < 1.29 is 19.7 Å². The summed E-state index contributed by atoms with van der Waals surface area (Å²) in [6, 6.07) is 0. The molecule has 66 valence electrons. The molecule has 4 atom stereocenters. The Hall–Kier alpha value is -0.160. The summed E-state index contributed by atoms with van der Waals surface area (Å²) in [5.41, 5.74) is 0. The maximum Gasteiger partial charge on any atom is 0.111 e. The molecule has 0 unspecified atom stereocenters. The molecule has 1 aliphatic rings. The van der Waals surface area contributed by atoms with E-state index in [-0.39, 0.29) is 12.2 Å². The first-order valence-corrected chi connectivity index (χ1v) is 3.67. The van der Waals surface area contributed by atoms with E-state index in [1.54, 1.807) is 6.92 Å². The zero-order valence-corrected chi connectivity index (χ0v) is 6.73. The van der Waals surface area contributed by atoms with Gasteiger partial charge in [-0.05, 0) is 6.92 Å². The molecule has 0 saturated carbocycles. The van der Waals surface area contributed by atoms with Gasteiger partial charge >= 0.3 is 0 Å². The molecule has 1 rings (SSSR count). The molecule has 11 heavy (non-hydrogen) atoms. The summed E-state index contributed by atoms with van der Waals surface area (Å²) in [6.45, 7) is 2.05. The quantitative estimate of drug-likeness (QED) is 0.555. The Morgan fingerprint density at radius 3 is 2.36 bits per heavy atom. The van der Waals surface area contributed by atoms with Crippen molar-refractivity contribution in [1.29, 1.82) is 0 Å². The van der Waals surface area contributed by atoms with Crippen LogP contribution < -0.4 is 0 Å². The smallest absolute Gasteiger partial charge is 0.111 e. The number of hydrogen-bond donors (Lipinski definition) is 2. The standard InChI is InChI=1S/C7H14O4/c1-4-6(8)7(9)5(11-4)3-10-2/h4-9H,3H2,1-2H3/t4-,5+,6-,7+/m0/s1. The molecule has 0 aromatic rings. The Bertz CT molecular complexity index is 128. The van der Waals surface area contributed by atoms with Gasteiger partial charge in [-0.1, -0.05) is 0 Å². The predicted octanol–water partition coefficient (Wildman–Crippen LogP) is -0.858. The fourth-order valence-corrected chi connectivity index (χ4v) is 1.24. The van der Waals surface area contributed by atoms with Crippen molar-refractivity contribution in [1.82, 2.24) is 0 Å². The van der Waals surface area contributed by atoms with Crippen molar-refractivity contribution in [3.63, 3.8) is 0 Å². The summed E-state index contributed by atoms with van der Waals surface area (Å²) in [4.78, 5) is 0. The van der Waals surface area contributed by atoms with E-state index in [1.807, 2.05) is 0 Å². The minimum Gasteiger partial charge on any atom is -0.388 e. The van der Waals surface area contributed by atoms with Crippen molar-refractivity contribution in [2.45, 2.75) is 31.3 Å². The number of aliphatic hydroxyl groups excluding tert-OH is 2. The van der Waals surface area contributed by atoms with Gasteiger partial charge in [0.05, 0.1) is 12.7 Å². The van der Waals surface area contributed by atoms with Crippen LogP contribution in [0, 0.1) is 0 Å². The van der Waals surface area contributed by atoms with Crippen LogP contribution in [0.15, 0.2) is 0 Å². The molecule has 1 heterocycles. The Labute approximate surface area is 65.7 Å². The molecule has 1 aliphatic heterocycles. The average molecular weight is 162 g/mol.